The molecule has 1 saturated heterocycles. The Morgan fingerprint density at radius 3 is 2.91 bits per heavy atom. The summed E-state index contributed by atoms with van der Waals surface area (Å²) in [6.45, 7) is 1.25. The molecule has 1 fully saturated rings. The van der Waals surface area contributed by atoms with E-state index in [0.29, 0.717) is 34.8 Å². The second-order valence-corrected chi connectivity index (χ2v) is 5.92. The predicted octanol–water partition coefficient (Wildman–Crippen LogP) is 3.40. The third kappa shape index (κ3) is 4.05. The third-order valence-electron chi connectivity index (χ3n) is 3.35. The zero-order valence-corrected chi connectivity index (χ0v) is 13.7. The van der Waals surface area contributed by atoms with Gasteiger partial charge in [-0.15, -0.1) is 0 Å². The van der Waals surface area contributed by atoms with Crippen molar-refractivity contribution in [3.63, 3.8) is 0 Å². The molecule has 2 heterocycles. The van der Waals surface area contributed by atoms with Crippen LogP contribution in [0.4, 0.5) is 10.1 Å². The second kappa shape index (κ2) is 7.06. The second-order valence-electron chi connectivity index (χ2n) is 5.07. The molecule has 0 spiro atoms. The molecular weight excluding hydrogens is 367 g/mol. The fourth-order valence-corrected chi connectivity index (χ4v) is 2.60. The molecule has 1 aliphatic heterocycles. The Kier molecular flexibility index (Phi) is 4.88. The topological polar surface area (TPSA) is 60.5 Å². The van der Waals surface area contributed by atoms with E-state index in [1.54, 1.807) is 12.1 Å². The summed E-state index contributed by atoms with van der Waals surface area (Å²) in [5.41, 5.74) is 0.871. The summed E-state index contributed by atoms with van der Waals surface area (Å²) in [7, 11) is 0. The summed E-state index contributed by atoms with van der Waals surface area (Å²) in [5.74, 6) is -0.255. The summed E-state index contributed by atoms with van der Waals surface area (Å²) >= 11 is 3.21. The van der Waals surface area contributed by atoms with Crippen molar-refractivity contribution < 1.29 is 18.7 Å². The SMILES string of the molecule is O=C(Nc1ccc(F)cc1Br)c1ccc(O[C@@H]2CCOC2)nc1. The van der Waals surface area contributed by atoms with Crippen LogP contribution in [0.25, 0.3) is 0 Å². The number of carbonyl (C=O) groups is 1. The van der Waals surface area contributed by atoms with Gasteiger partial charge in [0.25, 0.3) is 5.91 Å². The van der Waals surface area contributed by atoms with Crippen molar-refractivity contribution in [3.05, 3.63) is 52.4 Å². The monoisotopic (exact) mass is 380 g/mol. The molecule has 1 aliphatic rings. The molecule has 0 bridgehead atoms. The van der Waals surface area contributed by atoms with Gasteiger partial charge in [0.05, 0.1) is 24.5 Å². The normalized spacial score (nSPS) is 17.0. The first-order valence-corrected chi connectivity index (χ1v) is 7.88. The average Bonchev–Trinajstić information content (AvgIpc) is 3.04. The van der Waals surface area contributed by atoms with Crippen LogP contribution in [-0.4, -0.2) is 30.2 Å². The van der Waals surface area contributed by atoms with Gasteiger partial charge in [-0.3, -0.25) is 4.79 Å². The molecule has 1 amide bonds. The number of carbonyl (C=O) groups excluding carboxylic acids is 1. The number of nitrogens with one attached hydrogen (secondary N) is 1. The molecule has 0 radical (unpaired) electrons. The van der Waals surface area contributed by atoms with E-state index >= 15 is 0 Å². The minimum Gasteiger partial charge on any atom is -0.472 e. The van der Waals surface area contributed by atoms with Crippen molar-refractivity contribution in [2.45, 2.75) is 12.5 Å². The van der Waals surface area contributed by atoms with Crippen LogP contribution >= 0.6 is 15.9 Å². The lowest BCUT2D eigenvalue weighted by atomic mass is 10.2. The van der Waals surface area contributed by atoms with Gasteiger partial charge in [0.1, 0.15) is 11.9 Å². The number of nitrogens with zero attached hydrogens (tertiary/aromatic N) is 1. The number of amides is 1. The van der Waals surface area contributed by atoms with Crippen LogP contribution in [0.3, 0.4) is 0 Å². The smallest absolute Gasteiger partial charge is 0.257 e. The number of aromatic nitrogens is 1. The predicted molar refractivity (Wildman–Crippen MR) is 86.1 cm³/mol. The Balaban J connectivity index is 1.65. The lowest BCUT2D eigenvalue weighted by Crippen LogP contribution is -2.17. The zero-order chi connectivity index (χ0) is 16.2. The quantitative estimate of drug-likeness (QED) is 0.882. The maximum absolute atomic E-state index is 13.0. The Bertz CT molecular complexity index is 703. The molecule has 0 saturated carbocycles. The minimum absolute atomic E-state index is 0.0114. The van der Waals surface area contributed by atoms with Crippen LogP contribution in [0, 0.1) is 5.82 Å². The van der Waals surface area contributed by atoms with Crippen molar-refractivity contribution in [2.75, 3.05) is 18.5 Å². The van der Waals surface area contributed by atoms with Gasteiger partial charge in [0.2, 0.25) is 5.88 Å². The number of anilines is 1. The number of halogens is 2. The van der Waals surface area contributed by atoms with Crippen LogP contribution in [0.2, 0.25) is 0 Å². The molecule has 3 rings (SSSR count). The van der Waals surface area contributed by atoms with Crippen LogP contribution in [0.15, 0.2) is 41.0 Å². The fourth-order valence-electron chi connectivity index (χ4n) is 2.15. The van der Waals surface area contributed by atoms with Crippen LogP contribution in [0.1, 0.15) is 16.8 Å². The highest BCUT2D eigenvalue weighted by Crippen LogP contribution is 2.24. The molecule has 1 atom stereocenters. The summed E-state index contributed by atoms with van der Waals surface area (Å²) in [6.07, 6.45) is 2.29. The Morgan fingerprint density at radius 1 is 1.39 bits per heavy atom. The van der Waals surface area contributed by atoms with Crippen molar-refractivity contribution in [1.29, 1.82) is 0 Å². The number of ether oxygens (including phenoxy) is 2. The van der Waals surface area contributed by atoms with Gasteiger partial charge < -0.3 is 14.8 Å². The molecule has 5 nitrogen and oxygen atoms in total. The van der Waals surface area contributed by atoms with Gasteiger partial charge >= 0.3 is 0 Å². The van der Waals surface area contributed by atoms with E-state index in [1.165, 1.54) is 24.4 Å². The highest BCUT2D eigenvalue weighted by molar-refractivity contribution is 9.10. The van der Waals surface area contributed by atoms with Crippen LogP contribution < -0.4 is 10.1 Å². The largest absolute Gasteiger partial charge is 0.472 e. The molecule has 23 heavy (non-hydrogen) atoms. The first kappa shape index (κ1) is 15.9. The first-order chi connectivity index (χ1) is 11.1. The maximum Gasteiger partial charge on any atom is 0.257 e. The Morgan fingerprint density at radius 2 is 2.26 bits per heavy atom. The van der Waals surface area contributed by atoms with Crippen molar-refractivity contribution in [1.82, 2.24) is 4.98 Å². The number of pyridine rings is 1. The van der Waals surface area contributed by atoms with Gasteiger partial charge in [-0.25, -0.2) is 9.37 Å². The van der Waals surface area contributed by atoms with Crippen LogP contribution in [0.5, 0.6) is 5.88 Å². The summed E-state index contributed by atoms with van der Waals surface area (Å²) in [4.78, 5) is 16.3. The van der Waals surface area contributed by atoms with E-state index < -0.39 is 0 Å². The van der Waals surface area contributed by atoms with Gasteiger partial charge in [-0.05, 0) is 40.2 Å². The van der Waals surface area contributed by atoms with E-state index in [-0.39, 0.29) is 17.8 Å². The summed E-state index contributed by atoms with van der Waals surface area (Å²) in [6, 6.07) is 7.33. The van der Waals surface area contributed by atoms with Gasteiger partial charge in [-0.2, -0.15) is 0 Å². The molecule has 1 aromatic heterocycles. The van der Waals surface area contributed by atoms with Crippen molar-refractivity contribution in [2.24, 2.45) is 0 Å². The number of benzene rings is 1. The van der Waals surface area contributed by atoms with Crippen LogP contribution in [-0.2, 0) is 4.74 Å². The maximum atomic E-state index is 13.0. The molecule has 2 aromatic rings. The van der Waals surface area contributed by atoms with Gasteiger partial charge in [0, 0.05) is 23.2 Å². The molecule has 1 N–H and O–H groups in total. The molecule has 120 valence electrons. The van der Waals surface area contributed by atoms with Gasteiger partial charge in [0.15, 0.2) is 0 Å². The fraction of sp³-hybridized carbons (Fsp3) is 0.250. The van der Waals surface area contributed by atoms with E-state index in [1.807, 2.05) is 0 Å². The molecule has 0 aliphatic carbocycles. The van der Waals surface area contributed by atoms with Gasteiger partial charge in [-0.1, -0.05) is 0 Å². The molecule has 7 heteroatoms. The van der Waals surface area contributed by atoms with E-state index in [2.05, 4.69) is 26.2 Å². The lowest BCUT2D eigenvalue weighted by Gasteiger charge is -2.11. The number of rotatable bonds is 4. The van der Waals surface area contributed by atoms with E-state index in [4.69, 9.17) is 9.47 Å². The standard InChI is InChI=1S/C16H14BrFN2O3/c17-13-7-11(18)2-3-14(13)20-16(21)10-1-4-15(19-8-10)23-12-5-6-22-9-12/h1-4,7-8,12H,5-6,9H2,(H,20,21)/t12-/m1/s1. The first-order valence-electron chi connectivity index (χ1n) is 7.08. The molecule has 1 aromatic carbocycles. The Labute approximate surface area is 140 Å². The summed E-state index contributed by atoms with van der Waals surface area (Å²) in [5, 5.41) is 2.69. The lowest BCUT2D eigenvalue weighted by molar-refractivity contribution is 0.102. The third-order valence-corrected chi connectivity index (χ3v) is 4.01. The molecular formula is C16H14BrFN2O3. The minimum atomic E-state index is -0.381. The van der Waals surface area contributed by atoms with Crippen molar-refractivity contribution in [3.8, 4) is 5.88 Å². The highest BCUT2D eigenvalue weighted by atomic mass is 79.9. The number of hydrogen-bond donors (Lipinski definition) is 1. The zero-order valence-electron chi connectivity index (χ0n) is 12.1. The van der Waals surface area contributed by atoms with Crippen molar-refractivity contribution >= 4 is 27.5 Å². The summed E-state index contributed by atoms with van der Waals surface area (Å²) < 4.78 is 24.4. The highest BCUT2D eigenvalue weighted by Gasteiger charge is 2.18. The Hall–Kier alpha value is -1.99. The van der Waals surface area contributed by atoms with E-state index in [0.717, 1.165) is 6.42 Å². The van der Waals surface area contributed by atoms with E-state index in [9.17, 15) is 9.18 Å². The molecule has 0 unspecified atom stereocenters. The average molecular weight is 381 g/mol. The number of hydrogen-bond acceptors (Lipinski definition) is 4.